The standard InChI is InChI=1S/C52H32N4O/c1-4-14-33(15-5-1)44-32-45(54-52(53-44)34-16-6-2-7-17-34)35-24-26-40-43-31-37(25-29-48(43)57-49(40)30-35)56-47-23-13-11-21-39(47)42-28-27-41-38-20-10-12-22-46(38)55(50(41)51(42)56)36-18-8-3-9-19-36/h1-32H/i10D,11D,22D,23D,27D,28D. The number of para-hydroxylation sites is 3. The summed E-state index contributed by atoms with van der Waals surface area (Å²) in [5, 5.41) is 3.61. The van der Waals surface area contributed by atoms with Crippen LogP contribution in [0.1, 0.15) is 8.22 Å². The zero-order chi connectivity index (χ0) is 42.7. The first-order valence-electron chi connectivity index (χ1n) is 21.7. The van der Waals surface area contributed by atoms with Crippen LogP contribution >= 0.6 is 0 Å². The number of aromatic nitrogens is 4. The highest BCUT2D eigenvalue weighted by Gasteiger charge is 2.22. The molecular weight excluding hydrogens is 697 g/mol. The van der Waals surface area contributed by atoms with Gasteiger partial charge < -0.3 is 13.6 Å². The molecule has 0 fully saturated rings. The molecule has 4 heterocycles. The van der Waals surface area contributed by atoms with Gasteiger partial charge in [-0.2, -0.15) is 0 Å². The van der Waals surface area contributed by atoms with Gasteiger partial charge in [0.05, 0.1) is 41.7 Å². The fourth-order valence-corrected chi connectivity index (χ4v) is 8.27. The van der Waals surface area contributed by atoms with Gasteiger partial charge in [-0.25, -0.2) is 9.97 Å². The second kappa shape index (κ2) is 12.4. The van der Waals surface area contributed by atoms with E-state index in [1.165, 1.54) is 12.1 Å². The van der Waals surface area contributed by atoms with Crippen molar-refractivity contribution in [3.05, 3.63) is 194 Å². The third-order valence-corrected chi connectivity index (χ3v) is 10.8. The van der Waals surface area contributed by atoms with Crippen LogP contribution in [0, 0.1) is 0 Å². The smallest absolute Gasteiger partial charge is 0.160 e. The van der Waals surface area contributed by atoms with Crippen LogP contribution in [-0.4, -0.2) is 19.1 Å². The Bertz CT molecular complexity index is 3800. The molecule has 0 saturated heterocycles. The zero-order valence-electron chi connectivity index (χ0n) is 36.2. The lowest BCUT2D eigenvalue weighted by atomic mass is 10.0. The van der Waals surface area contributed by atoms with E-state index in [0.717, 1.165) is 44.5 Å². The highest BCUT2D eigenvalue weighted by Crippen LogP contribution is 2.43. The monoisotopic (exact) mass is 734 g/mol. The maximum atomic E-state index is 9.54. The van der Waals surface area contributed by atoms with Crippen LogP contribution in [0.25, 0.3) is 111 Å². The van der Waals surface area contributed by atoms with Gasteiger partial charge in [0, 0.05) is 60.4 Å². The highest BCUT2D eigenvalue weighted by atomic mass is 16.3. The van der Waals surface area contributed by atoms with E-state index in [4.69, 9.17) is 18.5 Å². The largest absolute Gasteiger partial charge is 0.456 e. The predicted molar refractivity (Wildman–Crippen MR) is 234 cm³/mol. The van der Waals surface area contributed by atoms with Crippen LogP contribution in [0.4, 0.5) is 0 Å². The van der Waals surface area contributed by atoms with Crippen LogP contribution in [0.15, 0.2) is 198 Å². The molecule has 0 atom stereocenters. The van der Waals surface area contributed by atoms with E-state index in [1.807, 2.05) is 143 Å². The van der Waals surface area contributed by atoms with Gasteiger partial charge in [0.1, 0.15) is 11.2 Å². The Balaban J connectivity index is 1.13. The molecule has 0 aliphatic carbocycles. The Morgan fingerprint density at radius 2 is 1.00 bits per heavy atom. The van der Waals surface area contributed by atoms with Gasteiger partial charge in [-0.3, -0.25) is 0 Å². The molecule has 0 radical (unpaired) electrons. The maximum Gasteiger partial charge on any atom is 0.160 e. The van der Waals surface area contributed by atoms with Crippen LogP contribution in [-0.2, 0) is 0 Å². The lowest BCUT2D eigenvalue weighted by Gasteiger charge is -2.12. The fourth-order valence-electron chi connectivity index (χ4n) is 8.27. The molecule has 57 heavy (non-hydrogen) atoms. The third kappa shape index (κ3) is 4.89. The SMILES string of the molecule is [2H]c1cc([2H])c2c(c1)c1c([2H])c([2H])c3c4cc([2H])cc([2H])c4n(-c4ccc5oc6cc(-c7cc(-c8ccccc8)nc(-c8ccccc8)n7)ccc6c5c4)c3c1n2-c1ccccc1. The van der Waals surface area contributed by atoms with Crippen LogP contribution < -0.4 is 0 Å². The molecule has 0 bridgehead atoms. The lowest BCUT2D eigenvalue weighted by molar-refractivity contribution is 0.669. The van der Waals surface area contributed by atoms with E-state index in [0.29, 0.717) is 66.3 Å². The van der Waals surface area contributed by atoms with E-state index in [-0.39, 0.29) is 36.3 Å². The van der Waals surface area contributed by atoms with Crippen molar-refractivity contribution in [1.29, 1.82) is 0 Å². The van der Waals surface area contributed by atoms with Crippen LogP contribution in [0.5, 0.6) is 0 Å². The topological polar surface area (TPSA) is 48.8 Å². The van der Waals surface area contributed by atoms with Crippen molar-refractivity contribution < 1.29 is 12.6 Å². The summed E-state index contributed by atoms with van der Waals surface area (Å²) in [5.74, 6) is 0.617. The van der Waals surface area contributed by atoms with E-state index >= 15 is 0 Å². The molecule has 8 aromatic carbocycles. The van der Waals surface area contributed by atoms with Gasteiger partial charge in [-0.15, -0.1) is 0 Å². The minimum absolute atomic E-state index is 0.0503. The minimum Gasteiger partial charge on any atom is -0.456 e. The van der Waals surface area contributed by atoms with Crippen molar-refractivity contribution in [1.82, 2.24) is 19.1 Å². The second-order valence-electron chi connectivity index (χ2n) is 14.1. The van der Waals surface area contributed by atoms with Crippen molar-refractivity contribution in [3.63, 3.8) is 0 Å². The van der Waals surface area contributed by atoms with E-state index in [1.54, 1.807) is 12.1 Å². The van der Waals surface area contributed by atoms with Crippen molar-refractivity contribution in [2.75, 3.05) is 0 Å². The molecule has 4 aromatic heterocycles. The fraction of sp³-hybridized carbons (Fsp3) is 0. The average Bonchev–Trinajstić information content (AvgIpc) is 3.96. The number of fused-ring (bicyclic) bond motifs is 10. The summed E-state index contributed by atoms with van der Waals surface area (Å²) in [4.78, 5) is 9.99. The van der Waals surface area contributed by atoms with Crippen molar-refractivity contribution in [2.45, 2.75) is 0 Å². The molecule has 0 amide bonds. The Labute approximate surface area is 335 Å². The zero-order valence-corrected chi connectivity index (χ0v) is 30.2. The Kier molecular flexibility index (Phi) is 5.67. The summed E-state index contributed by atoms with van der Waals surface area (Å²) in [5.41, 5.74) is 9.19. The molecule has 12 rings (SSSR count). The van der Waals surface area contributed by atoms with Gasteiger partial charge in [0.15, 0.2) is 5.82 Å². The second-order valence-corrected chi connectivity index (χ2v) is 14.1. The summed E-state index contributed by atoms with van der Waals surface area (Å²) in [7, 11) is 0. The molecule has 12 aromatic rings. The molecular formula is C52H32N4O. The first kappa shape index (κ1) is 26.1. The normalized spacial score (nSPS) is 13.3. The molecule has 5 heteroatoms. The number of benzene rings is 8. The Morgan fingerprint density at radius 3 is 1.67 bits per heavy atom. The maximum absolute atomic E-state index is 9.54. The highest BCUT2D eigenvalue weighted by molar-refractivity contribution is 6.24. The average molecular weight is 735 g/mol. The van der Waals surface area contributed by atoms with Crippen LogP contribution in [0.2, 0.25) is 0 Å². The minimum atomic E-state index is -0.0572. The van der Waals surface area contributed by atoms with Gasteiger partial charge in [0.2, 0.25) is 0 Å². The van der Waals surface area contributed by atoms with Crippen molar-refractivity contribution in [2.24, 2.45) is 0 Å². The predicted octanol–water partition coefficient (Wildman–Crippen LogP) is 13.6. The first-order valence-corrected chi connectivity index (χ1v) is 18.7. The number of rotatable bonds is 5. The summed E-state index contributed by atoms with van der Waals surface area (Å²) in [6.07, 6.45) is 0. The number of nitrogens with zero attached hydrogens (tertiary/aromatic N) is 4. The molecule has 0 aliphatic rings. The number of hydrogen-bond donors (Lipinski definition) is 0. The van der Waals surface area contributed by atoms with Gasteiger partial charge in [-0.05, 0) is 60.6 Å². The van der Waals surface area contributed by atoms with Crippen molar-refractivity contribution in [3.8, 4) is 45.3 Å². The first-order chi connectivity index (χ1) is 30.7. The molecule has 0 unspecified atom stereocenters. The van der Waals surface area contributed by atoms with Gasteiger partial charge in [-0.1, -0.05) is 133 Å². The molecule has 0 saturated carbocycles. The Hall–Kier alpha value is -7.76. The summed E-state index contributed by atoms with van der Waals surface area (Å²) >= 11 is 0. The van der Waals surface area contributed by atoms with E-state index in [9.17, 15) is 4.11 Å². The molecule has 266 valence electrons. The number of furan rings is 1. The summed E-state index contributed by atoms with van der Waals surface area (Å²) < 4.78 is 65.2. The third-order valence-electron chi connectivity index (χ3n) is 10.8. The molecule has 5 nitrogen and oxygen atoms in total. The number of hydrogen-bond acceptors (Lipinski definition) is 3. The van der Waals surface area contributed by atoms with Crippen LogP contribution in [0.3, 0.4) is 0 Å². The quantitative estimate of drug-likeness (QED) is 0.177. The lowest BCUT2D eigenvalue weighted by Crippen LogP contribution is -1.98. The van der Waals surface area contributed by atoms with E-state index < -0.39 is 0 Å². The van der Waals surface area contributed by atoms with Crippen molar-refractivity contribution >= 4 is 65.6 Å². The molecule has 0 aliphatic heterocycles. The summed E-state index contributed by atoms with van der Waals surface area (Å²) in [6.45, 7) is 0. The van der Waals surface area contributed by atoms with Gasteiger partial charge in [0.25, 0.3) is 0 Å². The molecule has 0 N–H and O–H groups in total. The van der Waals surface area contributed by atoms with E-state index in [2.05, 4.69) is 0 Å². The molecule has 0 spiro atoms. The summed E-state index contributed by atoms with van der Waals surface area (Å²) in [6, 6.07) is 50.2. The van der Waals surface area contributed by atoms with Gasteiger partial charge >= 0.3 is 0 Å². The Morgan fingerprint density at radius 1 is 0.404 bits per heavy atom.